The zero-order valence-corrected chi connectivity index (χ0v) is 43.0. The van der Waals surface area contributed by atoms with Crippen LogP contribution in [0.1, 0.15) is 132 Å². The molecule has 6 aliphatic rings. The number of aliphatic hydroxyl groups is 1. The highest BCUT2D eigenvalue weighted by Crippen LogP contribution is 2.32. The van der Waals surface area contributed by atoms with Crippen LogP contribution in [-0.4, -0.2) is 151 Å². The van der Waals surface area contributed by atoms with E-state index in [1.54, 1.807) is 32.9 Å². The summed E-state index contributed by atoms with van der Waals surface area (Å²) in [5.74, 6) is 2.33. The number of aliphatic hydroxyl groups excluding tert-OH is 1. The van der Waals surface area contributed by atoms with E-state index < -0.39 is 41.9 Å². The summed E-state index contributed by atoms with van der Waals surface area (Å²) in [6, 6.07) is 11.3. The van der Waals surface area contributed by atoms with Gasteiger partial charge < -0.3 is 39.8 Å². The number of nitrogens with one attached hydrogen (secondary N) is 3. The first-order valence-electron chi connectivity index (χ1n) is 25.5. The van der Waals surface area contributed by atoms with Crippen LogP contribution in [0.4, 0.5) is 40.2 Å². The zero-order chi connectivity index (χ0) is 51.8. The van der Waals surface area contributed by atoms with Crippen molar-refractivity contribution in [2.24, 2.45) is 0 Å². The Balaban J connectivity index is 0.000000168. The maximum absolute atomic E-state index is 13.5. The minimum Gasteiger partial charge on any atom is -0.444 e. The summed E-state index contributed by atoms with van der Waals surface area (Å²) in [5, 5.41) is 17.6. The number of carbonyl (C=O) groups excluding carboxylic acids is 2. The molecule has 0 saturated carbocycles. The Bertz CT molecular complexity index is 2180. The number of pyridine rings is 3. The highest BCUT2D eigenvalue weighted by Gasteiger charge is 2.29. The number of nitrogen functional groups attached to an aromatic ring is 1. The van der Waals surface area contributed by atoms with Crippen LogP contribution >= 0.6 is 0 Å². The quantitative estimate of drug-likeness (QED) is 0.131. The number of likely N-dealkylation sites (tertiary alicyclic amines) is 2. The maximum atomic E-state index is 13.5. The van der Waals surface area contributed by atoms with E-state index >= 15 is 0 Å². The van der Waals surface area contributed by atoms with Gasteiger partial charge in [-0.15, -0.1) is 0 Å². The van der Waals surface area contributed by atoms with Crippen molar-refractivity contribution >= 4 is 29.6 Å². The Morgan fingerprint density at radius 2 is 1.08 bits per heavy atom. The molecule has 3 aromatic heterocycles. The number of carbonyl (C=O) groups is 2. The lowest BCUT2D eigenvalue weighted by atomic mass is 9.96. The molecule has 0 spiro atoms. The predicted octanol–water partition coefficient (Wildman–Crippen LogP) is 7.93. The molecule has 0 bridgehead atoms. The van der Waals surface area contributed by atoms with Crippen molar-refractivity contribution in [1.29, 1.82) is 0 Å². The third kappa shape index (κ3) is 18.7. The van der Waals surface area contributed by atoms with Gasteiger partial charge in [-0.2, -0.15) is 0 Å². The molecule has 9 heterocycles. The molecule has 6 fully saturated rings. The molecule has 0 aliphatic carbocycles. The zero-order valence-electron chi connectivity index (χ0n) is 43.0. The lowest BCUT2D eigenvalue weighted by Crippen LogP contribution is -2.28. The van der Waals surface area contributed by atoms with E-state index in [0.29, 0.717) is 100 Å². The summed E-state index contributed by atoms with van der Waals surface area (Å²) in [5.41, 5.74) is 10.4. The van der Waals surface area contributed by atoms with Crippen LogP contribution in [0.2, 0.25) is 0 Å². The van der Waals surface area contributed by atoms with Crippen molar-refractivity contribution in [1.82, 2.24) is 30.1 Å². The first kappa shape index (κ1) is 56.6. The Morgan fingerprint density at radius 1 is 0.653 bits per heavy atom. The van der Waals surface area contributed by atoms with Gasteiger partial charge in [0.1, 0.15) is 47.2 Å². The topological polar surface area (TPSA) is 208 Å². The molecule has 3 aromatic rings. The van der Waals surface area contributed by atoms with Crippen LogP contribution in [0.5, 0.6) is 0 Å². The molecule has 9 rings (SSSR count). The molecule has 6 N–H and O–H groups in total. The Kier molecular flexibility index (Phi) is 21.2. The standard InChI is InChI=1S/C19H28FN3O3.C15H22N2O4.C14H20FN3O.C4H8FN/c1-19(2,3)26-18(24)22-17-5-4-15(13-7-9-25-12-13)16(21-17)11-23-8-6-14(20)10-23;1-15(2,3)21-14(19)17-13-5-4-11(12(8-18)16-13)10-6-7-20-9-10;15-11-3-5-18(7-11)8-13-12(1-2-14(16)17-13)10-4-6-19-9-10;5-4-1-2-6-3-4/h4-5,13-14H,6-12H2,1-3H3,(H,21,22,24);4-5,10,18H,6-9H2,1-3H3,(H,16,17,19);1-2,10-11H,3-9H2,(H2,16,17);4,6H,1-3H2/t13?,14-;;10?,11-;4-/m1.11/s1. The number of amides is 2. The fraction of sp³-hybridized carbons (Fsp3) is 0.673. The van der Waals surface area contributed by atoms with Gasteiger partial charge in [0.25, 0.3) is 0 Å². The number of nitrogens with two attached hydrogens (primary N) is 1. The van der Waals surface area contributed by atoms with Gasteiger partial charge in [-0.3, -0.25) is 20.4 Å². The second-order valence-electron chi connectivity index (χ2n) is 21.2. The number of ether oxygens (including phenoxy) is 5. The molecule has 3 unspecified atom stereocenters. The summed E-state index contributed by atoms with van der Waals surface area (Å²) >= 11 is 0. The number of aromatic nitrogens is 3. The molecule has 17 nitrogen and oxygen atoms in total. The van der Waals surface area contributed by atoms with E-state index in [-0.39, 0.29) is 12.5 Å². The molecular formula is C52H78F3N9O8. The van der Waals surface area contributed by atoms with Crippen molar-refractivity contribution in [3.05, 3.63) is 70.2 Å². The molecule has 6 saturated heterocycles. The number of alkyl halides is 3. The van der Waals surface area contributed by atoms with Gasteiger partial charge in [-0.1, -0.05) is 18.2 Å². The van der Waals surface area contributed by atoms with Crippen molar-refractivity contribution in [2.45, 2.75) is 147 Å². The highest BCUT2D eigenvalue weighted by atomic mass is 19.1. The molecule has 400 valence electrons. The molecule has 20 heteroatoms. The summed E-state index contributed by atoms with van der Waals surface area (Å²) in [7, 11) is 0. The van der Waals surface area contributed by atoms with Crippen LogP contribution in [0.25, 0.3) is 0 Å². The van der Waals surface area contributed by atoms with Gasteiger partial charge in [0, 0.05) is 83.4 Å². The first-order valence-corrected chi connectivity index (χ1v) is 25.5. The number of anilines is 3. The lowest BCUT2D eigenvalue weighted by Gasteiger charge is -2.21. The Morgan fingerprint density at radius 3 is 1.43 bits per heavy atom. The van der Waals surface area contributed by atoms with Gasteiger partial charge in [0.15, 0.2) is 0 Å². The Hall–Kier alpha value is -4.70. The molecule has 2 amide bonds. The summed E-state index contributed by atoms with van der Waals surface area (Å²) in [6.07, 6.45) is 1.70. The second-order valence-corrected chi connectivity index (χ2v) is 21.2. The van der Waals surface area contributed by atoms with E-state index in [0.717, 1.165) is 87.8 Å². The lowest BCUT2D eigenvalue weighted by molar-refractivity contribution is 0.0623. The number of hydrogen-bond donors (Lipinski definition) is 5. The van der Waals surface area contributed by atoms with E-state index in [1.165, 1.54) is 5.56 Å². The van der Waals surface area contributed by atoms with E-state index in [2.05, 4.69) is 46.8 Å². The smallest absolute Gasteiger partial charge is 0.413 e. The minimum absolute atomic E-state index is 0.171. The van der Waals surface area contributed by atoms with Crippen LogP contribution in [0.3, 0.4) is 0 Å². The summed E-state index contributed by atoms with van der Waals surface area (Å²) < 4.78 is 65.4. The van der Waals surface area contributed by atoms with E-state index in [1.807, 2.05) is 39.0 Å². The monoisotopic (exact) mass is 1010 g/mol. The number of rotatable bonds is 10. The SMILES string of the molecule is CC(C)(C)OC(=O)Nc1ccc(C2CCOC2)c(CN2CC[C@@H](F)C2)n1.CC(C)(C)OC(=O)Nc1ccc(C2CCOC2)c(CO)n1.F[C@@H]1CCNC1.Nc1ccc(C2CCOC2)c(CN2CC[C@@H](F)C2)n1. The van der Waals surface area contributed by atoms with Gasteiger partial charge in [0.2, 0.25) is 0 Å². The molecule has 0 aromatic carbocycles. The highest BCUT2D eigenvalue weighted by molar-refractivity contribution is 5.84. The second kappa shape index (κ2) is 27.0. The number of hydrogen-bond acceptors (Lipinski definition) is 15. The average molecular weight is 1010 g/mol. The van der Waals surface area contributed by atoms with Gasteiger partial charge in [-0.25, -0.2) is 37.7 Å². The number of nitrogens with zero attached hydrogens (tertiary/aromatic N) is 5. The normalized spacial score (nSPS) is 24.4. The fourth-order valence-electron chi connectivity index (χ4n) is 9.24. The van der Waals surface area contributed by atoms with Crippen molar-refractivity contribution in [2.75, 3.05) is 95.3 Å². The van der Waals surface area contributed by atoms with Crippen molar-refractivity contribution in [3.8, 4) is 0 Å². The molecule has 6 aliphatic heterocycles. The van der Waals surface area contributed by atoms with Gasteiger partial charge in [0.05, 0.1) is 43.5 Å². The van der Waals surface area contributed by atoms with E-state index in [4.69, 9.17) is 29.4 Å². The summed E-state index contributed by atoms with van der Waals surface area (Å²) in [6.45, 7) is 20.2. The molecular weight excluding hydrogens is 936 g/mol. The maximum Gasteiger partial charge on any atom is 0.413 e. The van der Waals surface area contributed by atoms with Crippen LogP contribution in [0, 0.1) is 0 Å². The van der Waals surface area contributed by atoms with Crippen molar-refractivity contribution in [3.63, 3.8) is 0 Å². The van der Waals surface area contributed by atoms with Crippen molar-refractivity contribution < 1.29 is 51.6 Å². The third-order valence-corrected chi connectivity index (χ3v) is 12.7. The minimum atomic E-state index is -0.767. The Labute approximate surface area is 422 Å². The van der Waals surface area contributed by atoms with Crippen LogP contribution in [0.15, 0.2) is 36.4 Å². The van der Waals surface area contributed by atoms with E-state index in [9.17, 15) is 27.9 Å². The van der Waals surface area contributed by atoms with Crippen LogP contribution < -0.4 is 21.7 Å². The largest absolute Gasteiger partial charge is 0.444 e. The predicted molar refractivity (Wildman–Crippen MR) is 269 cm³/mol. The van der Waals surface area contributed by atoms with Gasteiger partial charge >= 0.3 is 12.2 Å². The summed E-state index contributed by atoms with van der Waals surface area (Å²) in [4.78, 5) is 41.3. The molecule has 0 radical (unpaired) electrons. The number of halogens is 3. The first-order chi connectivity index (χ1) is 34.3. The average Bonchev–Trinajstić information content (AvgIpc) is 4.17. The fourth-order valence-corrected chi connectivity index (χ4v) is 9.24. The van der Waals surface area contributed by atoms with Gasteiger partial charge in [-0.05, 0) is 122 Å². The third-order valence-electron chi connectivity index (χ3n) is 12.7. The molecule has 6 atom stereocenters. The van der Waals surface area contributed by atoms with Crippen LogP contribution in [-0.2, 0) is 43.4 Å². The molecule has 72 heavy (non-hydrogen) atoms.